The van der Waals surface area contributed by atoms with Gasteiger partial charge < -0.3 is 21.1 Å². The molecule has 1 aromatic heterocycles. The van der Waals surface area contributed by atoms with Crippen molar-refractivity contribution in [3.63, 3.8) is 0 Å². The zero-order valence-electron chi connectivity index (χ0n) is 19.7. The van der Waals surface area contributed by atoms with Crippen LogP contribution in [-0.4, -0.2) is 28.1 Å². The van der Waals surface area contributed by atoms with Crippen LogP contribution in [0.2, 0.25) is 0 Å². The van der Waals surface area contributed by atoms with Crippen LogP contribution < -0.4 is 21.1 Å². The van der Waals surface area contributed by atoms with Gasteiger partial charge in [-0.05, 0) is 73.4 Å². The maximum Gasteiger partial charge on any atom is 0.254 e. The topological polar surface area (TPSA) is 111 Å². The van der Waals surface area contributed by atoms with Crippen LogP contribution in [0.4, 0.5) is 5.82 Å². The summed E-state index contributed by atoms with van der Waals surface area (Å²) in [6.45, 7) is 4.20. The van der Waals surface area contributed by atoms with Gasteiger partial charge in [0, 0.05) is 17.8 Å². The number of aromatic nitrogens is 2. The molecule has 0 saturated heterocycles. The van der Waals surface area contributed by atoms with E-state index in [1.165, 1.54) is 6.08 Å². The molecule has 36 heavy (non-hydrogen) atoms. The van der Waals surface area contributed by atoms with Gasteiger partial charge in [0.1, 0.15) is 28.6 Å². The van der Waals surface area contributed by atoms with Crippen molar-refractivity contribution in [2.24, 2.45) is 5.73 Å². The Morgan fingerprint density at radius 1 is 1.14 bits per heavy atom. The number of hydrogen-bond donors (Lipinski definition) is 3. The summed E-state index contributed by atoms with van der Waals surface area (Å²) in [5.41, 5.74) is 9.26. The number of allylic oxidation sites excluding steroid dienone is 3. The Balaban J connectivity index is 1.52. The van der Waals surface area contributed by atoms with Crippen molar-refractivity contribution in [2.75, 3.05) is 11.9 Å². The van der Waals surface area contributed by atoms with Crippen LogP contribution in [-0.2, 0) is 4.79 Å². The van der Waals surface area contributed by atoms with Crippen molar-refractivity contribution < 1.29 is 14.3 Å². The first-order valence-corrected chi connectivity index (χ1v) is 11.9. The Morgan fingerprint density at radius 3 is 2.61 bits per heavy atom. The molecular formula is C28H27N5O3. The summed E-state index contributed by atoms with van der Waals surface area (Å²) in [5.74, 6) is 1.19. The average molecular weight is 482 g/mol. The first-order chi connectivity index (χ1) is 17.5. The maximum absolute atomic E-state index is 12.6. The summed E-state index contributed by atoms with van der Waals surface area (Å²) in [5, 5.41) is 11.1. The highest BCUT2D eigenvalue weighted by molar-refractivity contribution is 6.04. The Labute approximate surface area is 209 Å². The molecule has 0 radical (unpaired) electrons. The third-order valence-electron chi connectivity index (χ3n) is 6.33. The lowest BCUT2D eigenvalue weighted by Crippen LogP contribution is -2.30. The Bertz CT molecular complexity index is 1370. The minimum absolute atomic E-state index is 0.126. The van der Waals surface area contributed by atoms with Crippen molar-refractivity contribution in [2.45, 2.75) is 25.3 Å². The summed E-state index contributed by atoms with van der Waals surface area (Å²) in [4.78, 5) is 24.6. The average Bonchev–Trinajstić information content (AvgIpc) is 3.30. The number of fused-ring (bicyclic) bond motifs is 1. The normalized spacial score (nSPS) is 16.6. The Morgan fingerprint density at radius 2 is 1.89 bits per heavy atom. The SMILES string of the molecule is C=CC(=O)NC1=C(C2CCNc3c(C(N)=O)c(-c4ccc(Oc5ccccc5)cc4)nn32)CCC=C1. The summed E-state index contributed by atoms with van der Waals surface area (Å²) in [6, 6.07) is 16.8. The van der Waals surface area contributed by atoms with E-state index in [0.29, 0.717) is 29.4 Å². The van der Waals surface area contributed by atoms with Crippen LogP contribution in [0.1, 0.15) is 35.7 Å². The number of amides is 2. The van der Waals surface area contributed by atoms with E-state index in [0.717, 1.165) is 41.8 Å². The van der Waals surface area contributed by atoms with Gasteiger partial charge in [-0.2, -0.15) is 5.10 Å². The third kappa shape index (κ3) is 4.53. The van der Waals surface area contributed by atoms with Crippen molar-refractivity contribution >= 4 is 17.6 Å². The molecule has 5 rings (SSSR count). The highest BCUT2D eigenvalue weighted by Gasteiger charge is 2.32. The molecule has 3 aromatic rings. The van der Waals surface area contributed by atoms with Crippen LogP contribution in [0.25, 0.3) is 11.3 Å². The van der Waals surface area contributed by atoms with E-state index >= 15 is 0 Å². The molecule has 1 unspecified atom stereocenters. The lowest BCUT2D eigenvalue weighted by atomic mass is 9.92. The fraction of sp³-hybridized carbons (Fsp3) is 0.179. The molecule has 2 aromatic carbocycles. The molecule has 182 valence electrons. The molecule has 0 bridgehead atoms. The van der Waals surface area contributed by atoms with E-state index < -0.39 is 5.91 Å². The van der Waals surface area contributed by atoms with E-state index in [1.807, 2.05) is 71.4 Å². The van der Waals surface area contributed by atoms with Gasteiger partial charge in [-0.3, -0.25) is 9.59 Å². The molecule has 2 heterocycles. The van der Waals surface area contributed by atoms with E-state index in [1.54, 1.807) is 0 Å². The maximum atomic E-state index is 12.6. The highest BCUT2D eigenvalue weighted by atomic mass is 16.5. The number of ether oxygens (including phenoxy) is 1. The fourth-order valence-corrected chi connectivity index (χ4v) is 4.68. The van der Waals surface area contributed by atoms with Crippen LogP contribution in [0.5, 0.6) is 11.5 Å². The number of primary amides is 1. The second-order valence-corrected chi connectivity index (χ2v) is 8.63. The zero-order chi connectivity index (χ0) is 25.1. The lowest BCUT2D eigenvalue weighted by molar-refractivity contribution is -0.115. The van der Waals surface area contributed by atoms with Gasteiger partial charge in [-0.15, -0.1) is 0 Å². The molecule has 4 N–H and O–H groups in total. The third-order valence-corrected chi connectivity index (χ3v) is 6.33. The minimum Gasteiger partial charge on any atom is -0.457 e. The second kappa shape index (κ2) is 9.95. The number of anilines is 1. The molecule has 2 aliphatic rings. The summed E-state index contributed by atoms with van der Waals surface area (Å²) >= 11 is 0. The fourth-order valence-electron chi connectivity index (χ4n) is 4.68. The molecule has 1 aliphatic carbocycles. The quantitative estimate of drug-likeness (QED) is 0.424. The zero-order valence-corrected chi connectivity index (χ0v) is 19.7. The number of nitrogens with zero attached hydrogens (tertiary/aromatic N) is 2. The molecule has 0 saturated carbocycles. The lowest BCUT2D eigenvalue weighted by Gasteiger charge is -2.30. The van der Waals surface area contributed by atoms with Crippen LogP contribution in [0.15, 0.2) is 90.7 Å². The molecule has 1 atom stereocenters. The number of hydrogen-bond acceptors (Lipinski definition) is 5. The van der Waals surface area contributed by atoms with Gasteiger partial charge in [0.05, 0.1) is 6.04 Å². The van der Waals surface area contributed by atoms with Crippen molar-refractivity contribution in [3.8, 4) is 22.8 Å². The van der Waals surface area contributed by atoms with E-state index in [2.05, 4.69) is 17.2 Å². The first-order valence-electron chi connectivity index (χ1n) is 11.9. The Kier molecular flexibility index (Phi) is 6.40. The number of carbonyl (C=O) groups excluding carboxylic acids is 2. The number of para-hydroxylation sites is 1. The second-order valence-electron chi connectivity index (χ2n) is 8.63. The molecular weight excluding hydrogens is 454 g/mol. The van der Waals surface area contributed by atoms with Gasteiger partial charge in [0.25, 0.3) is 5.91 Å². The van der Waals surface area contributed by atoms with E-state index in [4.69, 9.17) is 15.6 Å². The predicted molar refractivity (Wildman–Crippen MR) is 139 cm³/mol. The monoisotopic (exact) mass is 481 g/mol. The summed E-state index contributed by atoms with van der Waals surface area (Å²) in [7, 11) is 0. The molecule has 1 aliphatic heterocycles. The van der Waals surface area contributed by atoms with Crippen molar-refractivity contribution in [3.05, 3.63) is 96.2 Å². The minimum atomic E-state index is -0.554. The number of nitrogens with one attached hydrogen (secondary N) is 2. The molecule has 8 nitrogen and oxygen atoms in total. The van der Waals surface area contributed by atoms with E-state index in [9.17, 15) is 9.59 Å². The number of nitrogens with two attached hydrogens (primary N) is 1. The van der Waals surface area contributed by atoms with Gasteiger partial charge in [0.2, 0.25) is 5.91 Å². The van der Waals surface area contributed by atoms with Gasteiger partial charge in [-0.25, -0.2) is 4.68 Å². The summed E-state index contributed by atoms with van der Waals surface area (Å²) in [6.07, 6.45) is 7.61. The van der Waals surface area contributed by atoms with Crippen LogP contribution >= 0.6 is 0 Å². The smallest absolute Gasteiger partial charge is 0.254 e. The van der Waals surface area contributed by atoms with Crippen LogP contribution in [0, 0.1) is 0 Å². The largest absolute Gasteiger partial charge is 0.457 e. The van der Waals surface area contributed by atoms with E-state index in [-0.39, 0.29) is 11.9 Å². The van der Waals surface area contributed by atoms with Gasteiger partial charge in [0.15, 0.2) is 0 Å². The highest BCUT2D eigenvalue weighted by Crippen LogP contribution is 2.40. The number of rotatable bonds is 7. The summed E-state index contributed by atoms with van der Waals surface area (Å²) < 4.78 is 7.73. The van der Waals surface area contributed by atoms with Gasteiger partial charge in [-0.1, -0.05) is 30.9 Å². The van der Waals surface area contributed by atoms with Crippen molar-refractivity contribution in [1.82, 2.24) is 15.1 Å². The predicted octanol–water partition coefficient (Wildman–Crippen LogP) is 4.70. The number of carbonyl (C=O) groups is 2. The molecule has 0 fully saturated rings. The Hall–Kier alpha value is -4.59. The van der Waals surface area contributed by atoms with Crippen LogP contribution in [0.3, 0.4) is 0 Å². The standard InChI is InChI=1S/C28H27N5O3/c1-2-24(34)31-22-11-7-6-10-21(22)23-16-17-30-28-25(27(29)35)26(32-33(23)28)18-12-14-20(15-13-18)36-19-8-4-3-5-9-19/h2-5,7-9,11-15,23,30H,1,6,10,16-17H2,(H2,29,35)(H,31,34). The van der Waals surface area contributed by atoms with Gasteiger partial charge >= 0.3 is 0 Å². The van der Waals surface area contributed by atoms with Crippen molar-refractivity contribution in [1.29, 1.82) is 0 Å². The molecule has 2 amide bonds. The number of benzene rings is 2. The first kappa shape index (κ1) is 23.2. The molecule has 0 spiro atoms. The molecule has 8 heteroatoms.